The van der Waals surface area contributed by atoms with Crippen molar-refractivity contribution in [3.63, 3.8) is 0 Å². The number of piperidine rings is 1. The molecule has 3 aromatic rings. The number of amides is 3. The monoisotopic (exact) mass is 505 g/mol. The summed E-state index contributed by atoms with van der Waals surface area (Å²) in [7, 11) is 1.96. The van der Waals surface area contributed by atoms with E-state index in [1.807, 2.05) is 42.1 Å². The highest BCUT2D eigenvalue weighted by molar-refractivity contribution is 6.05. The second-order valence-corrected chi connectivity index (χ2v) is 9.28. The molecule has 3 amide bonds. The van der Waals surface area contributed by atoms with Crippen molar-refractivity contribution in [1.29, 1.82) is 0 Å². The molecule has 3 aliphatic rings. The van der Waals surface area contributed by atoms with Crippen molar-refractivity contribution in [3.8, 4) is 17.0 Å². The Labute approximate surface area is 212 Å². The molecule has 0 saturated carbocycles. The van der Waals surface area contributed by atoms with Crippen LogP contribution >= 0.6 is 0 Å². The number of pyridine rings is 1. The molecule has 0 unspecified atom stereocenters. The van der Waals surface area contributed by atoms with Gasteiger partial charge in [-0.2, -0.15) is 0 Å². The molecule has 0 radical (unpaired) electrons. The van der Waals surface area contributed by atoms with Crippen molar-refractivity contribution in [2.24, 2.45) is 7.05 Å². The number of carboxylic acid groups (broad SMARTS) is 1. The third kappa shape index (κ3) is 4.65. The third-order valence-electron chi connectivity index (χ3n) is 6.93. The van der Waals surface area contributed by atoms with Crippen LogP contribution in [0.5, 0.6) is 5.75 Å². The number of hydrogen-bond donors (Lipinski definition) is 3. The van der Waals surface area contributed by atoms with Gasteiger partial charge < -0.3 is 24.6 Å². The predicted molar refractivity (Wildman–Crippen MR) is 133 cm³/mol. The van der Waals surface area contributed by atoms with Crippen LogP contribution in [0.25, 0.3) is 22.3 Å². The molecule has 2 saturated heterocycles. The lowest BCUT2D eigenvalue weighted by atomic mass is 10.0. The van der Waals surface area contributed by atoms with Crippen LogP contribution in [0.4, 0.5) is 0 Å². The number of nitrogens with zero attached hydrogens (tertiary/aromatic N) is 3. The summed E-state index contributed by atoms with van der Waals surface area (Å²) in [5.41, 5.74) is 3.92. The van der Waals surface area contributed by atoms with E-state index in [2.05, 4.69) is 10.6 Å². The highest BCUT2D eigenvalue weighted by atomic mass is 16.5. The number of carbonyl (C=O) groups is 4. The molecule has 2 aromatic heterocycles. The summed E-state index contributed by atoms with van der Waals surface area (Å²) in [4.78, 5) is 51.7. The lowest BCUT2D eigenvalue weighted by Gasteiger charge is -2.29. The fraction of sp³-hybridized carbons (Fsp3) is 0.346. The second-order valence-electron chi connectivity index (χ2n) is 9.28. The molecular formula is C26H27N5O6. The Morgan fingerprint density at radius 1 is 1.16 bits per heavy atom. The fourth-order valence-electron chi connectivity index (χ4n) is 5.09. The minimum atomic E-state index is -0.626. The van der Waals surface area contributed by atoms with Gasteiger partial charge >= 0.3 is 0 Å². The molecule has 3 aliphatic heterocycles. The number of aromatic nitrogens is 2. The standard InChI is InChI=1S/C25H25N5O4.CH2O2/c1-29-9-7-18-21(34-16-6-8-26-12-16)11-19(27-23(18)29)14-2-3-17-15(10-14)13-30(25(17)33)20-4-5-22(31)28-24(20)32;2-1-3/h2-3,7,9-11,16,20,26H,4-6,8,12-13H2,1H3,(H,28,31,32);1H,(H,2,3)/t16-,20+;/m1./s1. The van der Waals surface area contributed by atoms with Crippen LogP contribution in [0.15, 0.2) is 36.5 Å². The first kappa shape index (κ1) is 24.4. The van der Waals surface area contributed by atoms with Gasteiger partial charge in [0.25, 0.3) is 12.4 Å². The first-order chi connectivity index (χ1) is 17.9. The van der Waals surface area contributed by atoms with E-state index in [0.717, 1.165) is 53.1 Å². The average molecular weight is 506 g/mol. The van der Waals surface area contributed by atoms with Crippen LogP contribution < -0.4 is 15.4 Å². The first-order valence-electron chi connectivity index (χ1n) is 12.1. The minimum Gasteiger partial charge on any atom is -0.488 e. The van der Waals surface area contributed by atoms with E-state index in [1.165, 1.54) is 0 Å². The van der Waals surface area contributed by atoms with Crippen LogP contribution in [0.1, 0.15) is 35.2 Å². The number of nitrogens with one attached hydrogen (secondary N) is 2. The number of hydrogen-bond acceptors (Lipinski definition) is 7. The number of imide groups is 1. The molecule has 6 rings (SSSR count). The summed E-state index contributed by atoms with van der Waals surface area (Å²) in [6, 6.07) is 9.02. The summed E-state index contributed by atoms with van der Waals surface area (Å²) in [6.45, 7) is 1.85. The molecule has 11 heteroatoms. The Balaban J connectivity index is 0.000000892. The first-order valence-corrected chi connectivity index (χ1v) is 12.1. The van der Waals surface area contributed by atoms with E-state index < -0.39 is 11.9 Å². The molecular weight excluding hydrogens is 478 g/mol. The summed E-state index contributed by atoms with van der Waals surface area (Å²) in [6.07, 6.45) is 3.64. The second kappa shape index (κ2) is 10.0. The molecule has 11 nitrogen and oxygen atoms in total. The number of rotatable bonds is 4. The molecule has 192 valence electrons. The topological polar surface area (TPSA) is 143 Å². The Kier molecular flexibility index (Phi) is 6.62. The van der Waals surface area contributed by atoms with E-state index in [1.54, 1.807) is 11.0 Å². The Bertz CT molecular complexity index is 1390. The maximum absolute atomic E-state index is 13.0. The van der Waals surface area contributed by atoms with Crippen LogP contribution in [0, 0.1) is 0 Å². The van der Waals surface area contributed by atoms with E-state index in [9.17, 15) is 14.4 Å². The number of fused-ring (bicyclic) bond motifs is 2. The van der Waals surface area contributed by atoms with Crippen molar-refractivity contribution in [2.45, 2.75) is 38.0 Å². The smallest absolute Gasteiger partial charge is 0.290 e. The maximum Gasteiger partial charge on any atom is 0.290 e. The zero-order valence-electron chi connectivity index (χ0n) is 20.3. The molecule has 0 bridgehead atoms. The van der Waals surface area contributed by atoms with Gasteiger partial charge in [0.1, 0.15) is 23.5 Å². The lowest BCUT2D eigenvalue weighted by Crippen LogP contribution is -2.52. The van der Waals surface area contributed by atoms with Gasteiger partial charge in [0.2, 0.25) is 11.8 Å². The lowest BCUT2D eigenvalue weighted by molar-refractivity contribution is -0.137. The zero-order valence-corrected chi connectivity index (χ0v) is 20.3. The van der Waals surface area contributed by atoms with Crippen molar-refractivity contribution in [1.82, 2.24) is 25.1 Å². The SMILES string of the molecule is Cn1ccc2c(O[C@@H]3CCNC3)cc(-c3ccc4c(c3)CN([C@H]3CCC(=O)NC3=O)C4=O)nc21.O=CO. The highest BCUT2D eigenvalue weighted by Gasteiger charge is 2.39. The van der Waals surface area contributed by atoms with Gasteiger partial charge in [0, 0.05) is 49.9 Å². The predicted octanol–water partition coefficient (Wildman–Crippen LogP) is 1.44. The number of benzene rings is 1. The van der Waals surface area contributed by atoms with Crippen LogP contribution in [-0.2, 0) is 28.0 Å². The summed E-state index contributed by atoms with van der Waals surface area (Å²) < 4.78 is 8.31. The van der Waals surface area contributed by atoms with Crippen molar-refractivity contribution < 1.29 is 29.0 Å². The molecule has 3 N–H and O–H groups in total. The van der Waals surface area contributed by atoms with Crippen molar-refractivity contribution >= 4 is 35.2 Å². The number of aryl methyl sites for hydroxylation is 1. The highest BCUT2D eigenvalue weighted by Crippen LogP contribution is 2.35. The van der Waals surface area contributed by atoms with Crippen LogP contribution in [-0.4, -0.2) is 69.0 Å². The van der Waals surface area contributed by atoms with E-state index in [4.69, 9.17) is 19.6 Å². The van der Waals surface area contributed by atoms with Crippen LogP contribution in [0.2, 0.25) is 0 Å². The van der Waals surface area contributed by atoms with Gasteiger partial charge in [-0.25, -0.2) is 4.98 Å². The van der Waals surface area contributed by atoms with Crippen LogP contribution in [0.3, 0.4) is 0 Å². The van der Waals surface area contributed by atoms with Gasteiger partial charge in [0.05, 0.1) is 11.1 Å². The summed E-state index contributed by atoms with van der Waals surface area (Å²) >= 11 is 0. The van der Waals surface area contributed by atoms with E-state index >= 15 is 0 Å². The largest absolute Gasteiger partial charge is 0.488 e. The van der Waals surface area contributed by atoms with E-state index in [0.29, 0.717) is 18.5 Å². The van der Waals surface area contributed by atoms with Gasteiger partial charge in [-0.1, -0.05) is 6.07 Å². The van der Waals surface area contributed by atoms with Gasteiger partial charge in [0.15, 0.2) is 0 Å². The Morgan fingerprint density at radius 3 is 2.70 bits per heavy atom. The van der Waals surface area contributed by atoms with Gasteiger partial charge in [-0.05, 0) is 43.1 Å². The van der Waals surface area contributed by atoms with Gasteiger partial charge in [-0.15, -0.1) is 0 Å². The van der Waals surface area contributed by atoms with Crippen molar-refractivity contribution in [3.05, 3.63) is 47.7 Å². The number of ether oxygens (including phenoxy) is 1. The van der Waals surface area contributed by atoms with E-state index in [-0.39, 0.29) is 30.8 Å². The molecule has 1 aromatic carbocycles. The fourth-order valence-corrected chi connectivity index (χ4v) is 5.09. The summed E-state index contributed by atoms with van der Waals surface area (Å²) in [5, 5.41) is 13.5. The maximum atomic E-state index is 13.0. The zero-order chi connectivity index (χ0) is 26.1. The van der Waals surface area contributed by atoms with Gasteiger partial charge in [-0.3, -0.25) is 24.5 Å². The Hall–Kier alpha value is -4.25. The normalized spacial score (nSPS) is 20.9. The quantitative estimate of drug-likeness (QED) is 0.357. The third-order valence-corrected chi connectivity index (χ3v) is 6.93. The molecule has 0 aliphatic carbocycles. The molecule has 0 spiro atoms. The molecule has 2 fully saturated rings. The minimum absolute atomic E-state index is 0.123. The molecule has 2 atom stereocenters. The van der Waals surface area contributed by atoms with Crippen molar-refractivity contribution in [2.75, 3.05) is 13.1 Å². The molecule has 5 heterocycles. The Morgan fingerprint density at radius 2 is 1.97 bits per heavy atom. The summed E-state index contributed by atoms with van der Waals surface area (Å²) in [5.74, 6) is -0.0754. The average Bonchev–Trinajstić information content (AvgIpc) is 3.60. The number of carbonyl (C=O) groups excluding carboxylic acids is 3. The molecule has 37 heavy (non-hydrogen) atoms.